The molecule has 11 heteroatoms. The number of anilines is 1. The maximum atomic E-state index is 15.5. The van der Waals surface area contributed by atoms with Gasteiger partial charge in [0.25, 0.3) is 0 Å². The number of hydrogen-bond donors (Lipinski definition) is 2. The van der Waals surface area contributed by atoms with Gasteiger partial charge in [-0.2, -0.15) is 13.2 Å². The van der Waals surface area contributed by atoms with Crippen molar-refractivity contribution in [1.82, 2.24) is 9.80 Å². The average Bonchev–Trinajstić information content (AvgIpc) is 2.77. The Kier molecular flexibility index (Phi) is 6.56. The van der Waals surface area contributed by atoms with Crippen LogP contribution in [-0.2, 0) is 11.2 Å². The van der Waals surface area contributed by atoms with Gasteiger partial charge in [-0.1, -0.05) is 6.07 Å². The summed E-state index contributed by atoms with van der Waals surface area (Å²) in [4.78, 5) is 15.7. The van der Waals surface area contributed by atoms with E-state index in [9.17, 15) is 23.1 Å². The molecule has 2 fully saturated rings. The van der Waals surface area contributed by atoms with Gasteiger partial charge in [0.15, 0.2) is 0 Å². The Morgan fingerprint density at radius 3 is 2.27 bits per heavy atom. The van der Waals surface area contributed by atoms with Gasteiger partial charge in [-0.3, -0.25) is 14.6 Å². The standard InChI is InChI=1S/C26H28F5N3O3/c27-20-10-17(34-13-25(14-34)4-7-32(8-5-25)12-22(36)37)11-21(28)23(20)24-19-2-1-18(35)9-16(19)3-6-33(24)15-26(29,30)31/h1-2,9-11,24,35H,3-8,12-15H2,(H,36,37). The Morgan fingerprint density at radius 2 is 1.68 bits per heavy atom. The highest BCUT2D eigenvalue weighted by Crippen LogP contribution is 2.45. The van der Waals surface area contributed by atoms with Crippen molar-refractivity contribution in [2.24, 2.45) is 5.41 Å². The van der Waals surface area contributed by atoms with E-state index >= 15 is 8.78 Å². The van der Waals surface area contributed by atoms with E-state index in [0.717, 1.165) is 17.7 Å². The van der Waals surface area contributed by atoms with E-state index in [-0.39, 0.29) is 30.7 Å². The summed E-state index contributed by atoms with van der Waals surface area (Å²) in [5, 5.41) is 18.8. The van der Waals surface area contributed by atoms with Crippen molar-refractivity contribution in [2.45, 2.75) is 31.5 Å². The Bertz CT molecular complexity index is 1170. The number of alkyl halides is 3. The van der Waals surface area contributed by atoms with Gasteiger partial charge in [0.2, 0.25) is 0 Å². The zero-order valence-electron chi connectivity index (χ0n) is 20.1. The third kappa shape index (κ3) is 5.24. The van der Waals surface area contributed by atoms with Crippen LogP contribution in [0.3, 0.4) is 0 Å². The maximum Gasteiger partial charge on any atom is 0.401 e. The molecule has 3 aliphatic rings. The lowest BCUT2D eigenvalue weighted by atomic mass is 9.71. The van der Waals surface area contributed by atoms with Crippen molar-refractivity contribution < 1.29 is 37.0 Å². The molecule has 0 amide bonds. The Morgan fingerprint density at radius 1 is 1.03 bits per heavy atom. The van der Waals surface area contributed by atoms with Gasteiger partial charge in [-0.05, 0) is 67.7 Å². The maximum absolute atomic E-state index is 15.5. The number of carbonyl (C=O) groups is 1. The number of nitrogens with zero attached hydrogens (tertiary/aromatic N) is 3. The molecular formula is C26H28F5N3O3. The minimum Gasteiger partial charge on any atom is -0.508 e. The first-order chi connectivity index (χ1) is 17.4. The largest absolute Gasteiger partial charge is 0.508 e. The number of phenols is 1. The van der Waals surface area contributed by atoms with Gasteiger partial charge < -0.3 is 15.1 Å². The SMILES string of the molecule is O=C(O)CN1CCC2(CC1)CN(c1cc(F)c(C3c4ccc(O)cc4CCN3CC(F)(F)F)c(F)c1)C2. The predicted octanol–water partition coefficient (Wildman–Crippen LogP) is 4.17. The van der Waals surface area contributed by atoms with Crippen LogP contribution in [0.4, 0.5) is 27.6 Å². The molecule has 3 heterocycles. The first kappa shape index (κ1) is 25.7. The van der Waals surface area contributed by atoms with Crippen LogP contribution in [0, 0.1) is 17.0 Å². The Labute approximate surface area is 210 Å². The lowest BCUT2D eigenvalue weighted by molar-refractivity contribution is -0.150. The van der Waals surface area contributed by atoms with Crippen LogP contribution in [-0.4, -0.2) is 78.0 Å². The molecule has 1 spiro atoms. The van der Waals surface area contributed by atoms with E-state index in [1.165, 1.54) is 30.3 Å². The number of hydrogen-bond acceptors (Lipinski definition) is 5. The van der Waals surface area contributed by atoms with Gasteiger partial charge in [-0.25, -0.2) is 8.78 Å². The predicted molar refractivity (Wildman–Crippen MR) is 126 cm³/mol. The van der Waals surface area contributed by atoms with Crippen molar-refractivity contribution in [3.63, 3.8) is 0 Å². The zero-order valence-corrected chi connectivity index (χ0v) is 20.1. The van der Waals surface area contributed by atoms with Gasteiger partial charge >= 0.3 is 12.1 Å². The number of rotatable bonds is 5. The van der Waals surface area contributed by atoms with E-state index in [2.05, 4.69) is 0 Å². The molecule has 0 bridgehead atoms. The molecule has 2 N–H and O–H groups in total. The monoisotopic (exact) mass is 525 g/mol. The molecule has 2 aromatic rings. The summed E-state index contributed by atoms with van der Waals surface area (Å²) < 4.78 is 71.1. The number of aliphatic carboxylic acids is 1. The molecule has 6 nitrogen and oxygen atoms in total. The molecular weight excluding hydrogens is 497 g/mol. The van der Waals surface area contributed by atoms with Crippen molar-refractivity contribution in [3.05, 3.63) is 58.7 Å². The number of benzene rings is 2. The minimum absolute atomic E-state index is 0.00700. The summed E-state index contributed by atoms with van der Waals surface area (Å²) in [5.74, 6) is -2.75. The quantitative estimate of drug-likeness (QED) is 0.572. The van der Waals surface area contributed by atoms with E-state index in [4.69, 9.17) is 5.11 Å². The summed E-state index contributed by atoms with van der Waals surface area (Å²) in [7, 11) is 0. The molecule has 0 radical (unpaired) electrons. The van der Waals surface area contributed by atoms with Gasteiger partial charge in [0.1, 0.15) is 17.4 Å². The van der Waals surface area contributed by atoms with Crippen LogP contribution >= 0.6 is 0 Å². The van der Waals surface area contributed by atoms with E-state index in [1.807, 2.05) is 9.80 Å². The van der Waals surface area contributed by atoms with E-state index in [1.54, 1.807) is 0 Å². The third-order valence-corrected chi connectivity index (χ3v) is 7.87. The first-order valence-corrected chi connectivity index (χ1v) is 12.2. The van der Waals surface area contributed by atoms with Gasteiger partial charge in [0, 0.05) is 36.3 Å². The molecule has 2 aromatic carbocycles. The van der Waals surface area contributed by atoms with Crippen molar-refractivity contribution in [2.75, 3.05) is 50.7 Å². The summed E-state index contributed by atoms with van der Waals surface area (Å²) in [6.45, 7) is 1.07. The summed E-state index contributed by atoms with van der Waals surface area (Å²) in [5.41, 5.74) is 0.771. The Balaban J connectivity index is 1.38. The molecule has 5 rings (SSSR count). The van der Waals surface area contributed by atoms with Crippen molar-refractivity contribution in [3.8, 4) is 5.75 Å². The van der Waals surface area contributed by atoms with Crippen LogP contribution in [0.25, 0.3) is 0 Å². The molecule has 2 saturated heterocycles. The molecule has 1 unspecified atom stereocenters. The molecule has 37 heavy (non-hydrogen) atoms. The number of carboxylic acid groups (broad SMARTS) is 1. The summed E-state index contributed by atoms with van der Waals surface area (Å²) in [6.07, 6.45) is -2.75. The van der Waals surface area contributed by atoms with Crippen LogP contribution in [0.5, 0.6) is 5.75 Å². The number of piperidine rings is 1. The smallest absolute Gasteiger partial charge is 0.401 e. The Hall–Kier alpha value is -2.92. The number of fused-ring (bicyclic) bond motifs is 1. The molecule has 200 valence electrons. The van der Waals surface area contributed by atoms with Gasteiger partial charge in [0.05, 0.1) is 19.1 Å². The van der Waals surface area contributed by atoms with Crippen LogP contribution in [0.1, 0.15) is 35.6 Å². The number of aromatic hydroxyl groups is 1. The normalized spacial score (nSPS) is 22.1. The van der Waals surface area contributed by atoms with Crippen molar-refractivity contribution >= 4 is 11.7 Å². The lowest BCUT2D eigenvalue weighted by Gasteiger charge is -2.55. The summed E-state index contributed by atoms with van der Waals surface area (Å²) in [6, 6.07) is 5.27. The second-order valence-corrected chi connectivity index (χ2v) is 10.5. The van der Waals surface area contributed by atoms with E-state index < -0.39 is 41.9 Å². The van der Waals surface area contributed by atoms with E-state index in [0.29, 0.717) is 43.0 Å². The fourth-order valence-electron chi connectivity index (χ4n) is 6.06. The van der Waals surface area contributed by atoms with Gasteiger partial charge in [-0.15, -0.1) is 0 Å². The topological polar surface area (TPSA) is 67.2 Å². The van der Waals surface area contributed by atoms with Crippen molar-refractivity contribution in [1.29, 1.82) is 0 Å². The summed E-state index contributed by atoms with van der Waals surface area (Å²) >= 11 is 0. The number of phenolic OH excluding ortho intramolecular Hbond substituents is 1. The van der Waals surface area contributed by atoms with Crippen LogP contribution in [0.15, 0.2) is 30.3 Å². The number of carboxylic acids is 1. The highest BCUT2D eigenvalue weighted by atomic mass is 19.4. The minimum atomic E-state index is -4.55. The second kappa shape index (κ2) is 9.43. The molecule has 0 aliphatic carbocycles. The average molecular weight is 526 g/mol. The molecule has 1 atom stereocenters. The zero-order chi connectivity index (χ0) is 26.5. The number of halogens is 5. The third-order valence-electron chi connectivity index (χ3n) is 7.87. The lowest BCUT2D eigenvalue weighted by Crippen LogP contribution is -2.60. The highest BCUT2D eigenvalue weighted by Gasteiger charge is 2.46. The molecule has 0 saturated carbocycles. The fourth-order valence-corrected chi connectivity index (χ4v) is 6.06. The fraction of sp³-hybridized carbons (Fsp3) is 0.500. The molecule has 0 aromatic heterocycles. The second-order valence-electron chi connectivity index (χ2n) is 10.5. The van der Waals surface area contributed by atoms with Crippen LogP contribution < -0.4 is 4.90 Å². The highest BCUT2D eigenvalue weighted by molar-refractivity contribution is 5.69. The first-order valence-electron chi connectivity index (χ1n) is 12.2. The van der Waals surface area contributed by atoms with Crippen LogP contribution in [0.2, 0.25) is 0 Å². The number of likely N-dealkylation sites (tertiary alicyclic amines) is 1. The molecule has 3 aliphatic heterocycles.